The lowest BCUT2D eigenvalue weighted by molar-refractivity contribution is 0.516. The molecule has 0 saturated carbocycles. The molecule has 6 heteroatoms. The van der Waals surface area contributed by atoms with Gasteiger partial charge in [-0.2, -0.15) is 9.78 Å². The maximum Gasteiger partial charge on any atom is 0.225 e. The van der Waals surface area contributed by atoms with Crippen LogP contribution in [0, 0.1) is 0 Å². The van der Waals surface area contributed by atoms with E-state index in [-0.39, 0.29) is 0 Å². The minimum Gasteiger partial charge on any atom is -0.445 e. The van der Waals surface area contributed by atoms with E-state index in [4.69, 9.17) is 16.0 Å². The number of aromatic nitrogens is 3. The van der Waals surface area contributed by atoms with Gasteiger partial charge in [-0.1, -0.05) is 29.8 Å². The molecule has 0 fully saturated rings. The second-order valence-corrected chi connectivity index (χ2v) is 4.90. The lowest BCUT2D eigenvalue weighted by atomic mass is 10.1. The molecule has 0 unspecified atom stereocenters. The Labute approximate surface area is 120 Å². The summed E-state index contributed by atoms with van der Waals surface area (Å²) in [5.74, 6) is 0.613. The Balaban J connectivity index is 2.02. The van der Waals surface area contributed by atoms with Crippen molar-refractivity contribution in [2.24, 2.45) is 0 Å². The maximum absolute atomic E-state index is 6.18. The fourth-order valence-corrected chi connectivity index (χ4v) is 2.30. The Bertz CT molecular complexity index is 694. The van der Waals surface area contributed by atoms with E-state index >= 15 is 0 Å². The quantitative estimate of drug-likeness (QED) is 0.752. The molecule has 0 bridgehead atoms. The third kappa shape index (κ3) is 2.39. The molecule has 19 heavy (non-hydrogen) atoms. The van der Waals surface area contributed by atoms with E-state index in [0.717, 1.165) is 21.0 Å². The number of rotatable bonds is 3. The van der Waals surface area contributed by atoms with Crippen LogP contribution in [0.1, 0.15) is 11.1 Å². The summed E-state index contributed by atoms with van der Waals surface area (Å²) in [5, 5.41) is 4.79. The molecule has 0 saturated heterocycles. The molecule has 2 heterocycles. The highest BCUT2D eigenvalue weighted by Gasteiger charge is 2.15. The second kappa shape index (κ2) is 5.11. The van der Waals surface area contributed by atoms with Crippen LogP contribution in [0.15, 0.2) is 52.5 Å². The van der Waals surface area contributed by atoms with Crippen molar-refractivity contribution in [1.29, 1.82) is 0 Å². The maximum atomic E-state index is 6.18. The highest BCUT2D eigenvalue weighted by Crippen LogP contribution is 2.28. The number of furan rings is 1. The topological polar surface area (TPSA) is 43.9 Å². The molecular weight excluding hydrogens is 282 g/mol. The standard InChI is InChI=1S/C13H10ClN3OS/c14-11-4-2-1-3-9(11)5-10-12(19)6-18-13(10)17-8-15-7-16-17/h1-4,6-8,19H,5H2. The largest absolute Gasteiger partial charge is 0.445 e. The third-order valence-electron chi connectivity index (χ3n) is 2.80. The van der Waals surface area contributed by atoms with Crippen molar-refractivity contribution in [3.8, 4) is 5.88 Å². The van der Waals surface area contributed by atoms with Gasteiger partial charge in [0, 0.05) is 21.9 Å². The van der Waals surface area contributed by atoms with Crippen molar-refractivity contribution in [1.82, 2.24) is 14.8 Å². The van der Waals surface area contributed by atoms with Crippen LogP contribution in [0.3, 0.4) is 0 Å². The first-order chi connectivity index (χ1) is 9.25. The van der Waals surface area contributed by atoms with E-state index in [1.165, 1.54) is 6.33 Å². The fraction of sp³-hybridized carbons (Fsp3) is 0.0769. The molecule has 3 aromatic rings. The minimum atomic E-state index is 0.613. The van der Waals surface area contributed by atoms with E-state index in [0.29, 0.717) is 12.3 Å². The van der Waals surface area contributed by atoms with Crippen LogP contribution < -0.4 is 0 Å². The van der Waals surface area contributed by atoms with Gasteiger partial charge in [0.15, 0.2) is 0 Å². The summed E-state index contributed by atoms with van der Waals surface area (Å²) in [7, 11) is 0. The van der Waals surface area contributed by atoms with Crippen LogP contribution in [0.4, 0.5) is 0 Å². The zero-order valence-electron chi connectivity index (χ0n) is 9.82. The molecule has 3 rings (SSSR count). The summed E-state index contributed by atoms with van der Waals surface area (Å²) in [6, 6.07) is 7.70. The molecule has 0 aliphatic rings. The first kappa shape index (κ1) is 12.3. The van der Waals surface area contributed by atoms with E-state index in [9.17, 15) is 0 Å². The highest BCUT2D eigenvalue weighted by atomic mass is 35.5. The summed E-state index contributed by atoms with van der Waals surface area (Å²) >= 11 is 10.6. The van der Waals surface area contributed by atoms with Gasteiger partial charge in [-0.25, -0.2) is 4.98 Å². The summed E-state index contributed by atoms with van der Waals surface area (Å²) in [6.07, 6.45) is 5.26. The molecule has 0 spiro atoms. The van der Waals surface area contributed by atoms with Gasteiger partial charge in [0.25, 0.3) is 0 Å². The van der Waals surface area contributed by atoms with Crippen LogP contribution in [-0.4, -0.2) is 14.8 Å². The Morgan fingerprint density at radius 3 is 2.89 bits per heavy atom. The fourth-order valence-electron chi connectivity index (χ4n) is 1.87. The molecule has 2 aromatic heterocycles. The number of hydrogen-bond donors (Lipinski definition) is 1. The van der Waals surface area contributed by atoms with E-state index < -0.39 is 0 Å². The van der Waals surface area contributed by atoms with Crippen LogP contribution in [0.2, 0.25) is 5.02 Å². The Kier molecular flexibility index (Phi) is 3.31. The molecule has 1 aromatic carbocycles. The Morgan fingerprint density at radius 1 is 1.32 bits per heavy atom. The van der Waals surface area contributed by atoms with Crippen LogP contribution >= 0.6 is 24.2 Å². The summed E-state index contributed by atoms with van der Waals surface area (Å²) in [4.78, 5) is 4.68. The predicted octanol–water partition coefficient (Wildman–Crippen LogP) is 3.39. The van der Waals surface area contributed by atoms with Gasteiger partial charge in [0.05, 0.1) is 0 Å². The number of hydrogen-bond acceptors (Lipinski definition) is 4. The smallest absolute Gasteiger partial charge is 0.225 e. The molecule has 0 radical (unpaired) electrons. The lowest BCUT2D eigenvalue weighted by Gasteiger charge is -2.05. The number of thiol groups is 1. The third-order valence-corrected chi connectivity index (χ3v) is 3.55. The van der Waals surface area contributed by atoms with Gasteiger partial charge in [0.2, 0.25) is 5.88 Å². The van der Waals surface area contributed by atoms with E-state index in [2.05, 4.69) is 22.7 Å². The molecule has 0 atom stereocenters. The van der Waals surface area contributed by atoms with E-state index in [1.807, 2.05) is 24.3 Å². The summed E-state index contributed by atoms with van der Waals surface area (Å²) < 4.78 is 7.07. The second-order valence-electron chi connectivity index (χ2n) is 4.01. The number of halogens is 1. The van der Waals surface area contributed by atoms with Gasteiger partial charge in [0.1, 0.15) is 18.9 Å². The molecule has 4 nitrogen and oxygen atoms in total. The van der Waals surface area contributed by atoms with Crippen molar-refractivity contribution in [2.75, 3.05) is 0 Å². The van der Waals surface area contributed by atoms with Crippen molar-refractivity contribution in [2.45, 2.75) is 11.3 Å². The number of benzene rings is 1. The predicted molar refractivity (Wildman–Crippen MR) is 75.1 cm³/mol. The first-order valence-corrected chi connectivity index (χ1v) is 6.46. The van der Waals surface area contributed by atoms with Gasteiger partial charge in [-0.3, -0.25) is 0 Å². The molecule has 96 valence electrons. The number of nitrogens with zero attached hydrogens (tertiary/aromatic N) is 3. The van der Waals surface area contributed by atoms with Gasteiger partial charge in [-0.15, -0.1) is 12.6 Å². The van der Waals surface area contributed by atoms with Crippen molar-refractivity contribution in [3.63, 3.8) is 0 Å². The van der Waals surface area contributed by atoms with Gasteiger partial charge >= 0.3 is 0 Å². The minimum absolute atomic E-state index is 0.613. The average molecular weight is 292 g/mol. The zero-order valence-corrected chi connectivity index (χ0v) is 11.5. The molecule has 0 N–H and O–H groups in total. The van der Waals surface area contributed by atoms with Crippen molar-refractivity contribution in [3.05, 3.63) is 59.3 Å². The highest BCUT2D eigenvalue weighted by molar-refractivity contribution is 7.80. The van der Waals surface area contributed by atoms with Crippen LogP contribution in [0.25, 0.3) is 5.88 Å². The van der Waals surface area contributed by atoms with E-state index in [1.54, 1.807) is 17.3 Å². The summed E-state index contributed by atoms with van der Waals surface area (Å²) in [5.41, 5.74) is 1.95. The SMILES string of the molecule is Sc1coc(-n2cncn2)c1Cc1ccccc1Cl. The average Bonchev–Trinajstić information content (AvgIpc) is 3.03. The van der Waals surface area contributed by atoms with Gasteiger partial charge in [-0.05, 0) is 11.6 Å². The van der Waals surface area contributed by atoms with Crippen LogP contribution in [-0.2, 0) is 6.42 Å². The zero-order chi connectivity index (χ0) is 13.2. The first-order valence-electron chi connectivity index (χ1n) is 5.63. The molecule has 0 aliphatic carbocycles. The molecular formula is C13H10ClN3OS. The van der Waals surface area contributed by atoms with Gasteiger partial charge < -0.3 is 4.42 Å². The monoisotopic (exact) mass is 291 g/mol. The van der Waals surface area contributed by atoms with Crippen molar-refractivity contribution >= 4 is 24.2 Å². The Morgan fingerprint density at radius 2 is 2.16 bits per heavy atom. The molecule has 0 amide bonds. The molecule has 0 aliphatic heterocycles. The normalized spacial score (nSPS) is 10.8. The Hall–Kier alpha value is -1.72. The van der Waals surface area contributed by atoms with Crippen LogP contribution in [0.5, 0.6) is 0 Å². The lowest BCUT2D eigenvalue weighted by Crippen LogP contribution is -1.99. The van der Waals surface area contributed by atoms with Crippen molar-refractivity contribution < 1.29 is 4.42 Å². The summed E-state index contributed by atoms with van der Waals surface area (Å²) in [6.45, 7) is 0.